The fraction of sp³-hybridized carbons (Fsp3) is 0.500. The van der Waals surface area contributed by atoms with Gasteiger partial charge in [0.2, 0.25) is 0 Å². The average molecular weight is 206 g/mol. The Morgan fingerprint density at radius 3 is 2.60 bits per heavy atom. The van der Waals surface area contributed by atoms with E-state index in [2.05, 4.69) is 12.2 Å². The molecule has 1 fully saturated rings. The molecular weight excluding hydrogens is 188 g/mol. The average Bonchev–Trinajstić information content (AvgIpc) is 2.14. The molecular formula is C12H18N2O. The number of anilines is 2. The van der Waals surface area contributed by atoms with Crippen LogP contribution in [0.15, 0.2) is 18.2 Å². The highest BCUT2D eigenvalue weighted by atomic mass is 16.5. The van der Waals surface area contributed by atoms with Gasteiger partial charge in [-0.3, -0.25) is 0 Å². The molecule has 0 amide bonds. The zero-order valence-corrected chi connectivity index (χ0v) is 9.34. The van der Waals surface area contributed by atoms with Crippen LogP contribution in [0, 0.1) is 0 Å². The Labute approximate surface area is 90.6 Å². The third-order valence-electron chi connectivity index (χ3n) is 3.07. The second-order valence-corrected chi connectivity index (χ2v) is 4.53. The maximum Gasteiger partial charge on any atom is 0.122 e. The number of hydrogen-bond donors (Lipinski definition) is 2. The molecule has 0 bridgehead atoms. The zero-order valence-electron chi connectivity index (χ0n) is 9.34. The van der Waals surface area contributed by atoms with Gasteiger partial charge in [0.05, 0.1) is 7.11 Å². The molecule has 0 heterocycles. The smallest absolute Gasteiger partial charge is 0.122 e. The molecule has 1 aliphatic rings. The van der Waals surface area contributed by atoms with Gasteiger partial charge in [-0.1, -0.05) is 0 Å². The molecule has 3 heteroatoms. The number of hydrogen-bond acceptors (Lipinski definition) is 3. The van der Waals surface area contributed by atoms with Gasteiger partial charge < -0.3 is 15.8 Å². The summed E-state index contributed by atoms with van der Waals surface area (Å²) in [5.41, 5.74) is 7.83. The van der Waals surface area contributed by atoms with E-state index in [1.807, 2.05) is 18.2 Å². The first-order valence-electron chi connectivity index (χ1n) is 5.34. The van der Waals surface area contributed by atoms with Crippen LogP contribution in [-0.4, -0.2) is 12.6 Å². The number of benzene rings is 1. The minimum Gasteiger partial charge on any atom is -0.497 e. The summed E-state index contributed by atoms with van der Waals surface area (Å²) in [6.07, 6.45) is 3.76. The topological polar surface area (TPSA) is 47.3 Å². The Bertz CT molecular complexity index is 359. The quantitative estimate of drug-likeness (QED) is 0.747. The molecule has 0 aromatic heterocycles. The Hall–Kier alpha value is -1.38. The van der Waals surface area contributed by atoms with E-state index in [1.165, 1.54) is 19.3 Å². The van der Waals surface area contributed by atoms with Gasteiger partial charge in [0.15, 0.2) is 0 Å². The highest BCUT2D eigenvalue weighted by Gasteiger charge is 2.31. The zero-order chi connectivity index (χ0) is 10.9. The van der Waals surface area contributed by atoms with Crippen LogP contribution in [0.4, 0.5) is 11.4 Å². The standard InChI is InChI=1S/C12H18N2O/c1-12(4-3-5-12)14-10-6-9(13)7-11(8-10)15-2/h6-8,14H,3-5,13H2,1-2H3. The Balaban J connectivity index is 2.16. The largest absolute Gasteiger partial charge is 0.497 e. The molecule has 0 unspecified atom stereocenters. The summed E-state index contributed by atoms with van der Waals surface area (Å²) in [7, 11) is 1.66. The Morgan fingerprint density at radius 1 is 1.33 bits per heavy atom. The van der Waals surface area contributed by atoms with Gasteiger partial charge in [-0.2, -0.15) is 0 Å². The molecule has 82 valence electrons. The lowest BCUT2D eigenvalue weighted by Crippen LogP contribution is -2.41. The highest BCUT2D eigenvalue weighted by Crippen LogP contribution is 2.35. The van der Waals surface area contributed by atoms with Gasteiger partial charge in [0, 0.05) is 29.0 Å². The SMILES string of the molecule is COc1cc(N)cc(NC2(C)CCC2)c1. The molecule has 1 aliphatic carbocycles. The van der Waals surface area contributed by atoms with Crippen LogP contribution >= 0.6 is 0 Å². The summed E-state index contributed by atoms with van der Waals surface area (Å²) in [4.78, 5) is 0. The van der Waals surface area contributed by atoms with Crippen molar-refractivity contribution in [1.29, 1.82) is 0 Å². The molecule has 3 nitrogen and oxygen atoms in total. The lowest BCUT2D eigenvalue weighted by molar-refractivity contribution is 0.306. The van der Waals surface area contributed by atoms with Gasteiger partial charge in [-0.15, -0.1) is 0 Å². The van der Waals surface area contributed by atoms with Crippen LogP contribution < -0.4 is 15.8 Å². The molecule has 2 rings (SSSR count). The lowest BCUT2D eigenvalue weighted by Gasteiger charge is -2.40. The first-order valence-corrected chi connectivity index (χ1v) is 5.34. The number of nitrogens with one attached hydrogen (secondary N) is 1. The van der Waals surface area contributed by atoms with Crippen molar-refractivity contribution in [2.45, 2.75) is 31.7 Å². The van der Waals surface area contributed by atoms with Crippen LogP contribution in [0.1, 0.15) is 26.2 Å². The Morgan fingerprint density at radius 2 is 2.07 bits per heavy atom. The molecule has 0 spiro atoms. The molecule has 0 saturated heterocycles. The first-order chi connectivity index (χ1) is 7.11. The number of rotatable bonds is 3. The van der Waals surface area contributed by atoms with Crippen molar-refractivity contribution in [3.63, 3.8) is 0 Å². The van der Waals surface area contributed by atoms with E-state index in [-0.39, 0.29) is 5.54 Å². The summed E-state index contributed by atoms with van der Waals surface area (Å²) in [6.45, 7) is 2.24. The normalized spacial score (nSPS) is 18.0. The van der Waals surface area contributed by atoms with E-state index in [1.54, 1.807) is 7.11 Å². The fourth-order valence-corrected chi connectivity index (χ4v) is 1.99. The van der Waals surface area contributed by atoms with E-state index in [4.69, 9.17) is 10.5 Å². The molecule has 1 aromatic rings. The van der Waals surface area contributed by atoms with E-state index in [0.29, 0.717) is 0 Å². The van der Waals surface area contributed by atoms with Gasteiger partial charge in [-0.05, 0) is 32.3 Å². The van der Waals surface area contributed by atoms with Crippen LogP contribution in [0.3, 0.4) is 0 Å². The van der Waals surface area contributed by atoms with Crippen LogP contribution in [0.25, 0.3) is 0 Å². The summed E-state index contributed by atoms with van der Waals surface area (Å²) in [5.74, 6) is 0.806. The van der Waals surface area contributed by atoms with Crippen LogP contribution in [0.2, 0.25) is 0 Å². The number of nitrogens with two attached hydrogens (primary N) is 1. The molecule has 1 aromatic carbocycles. The molecule has 15 heavy (non-hydrogen) atoms. The molecule has 1 saturated carbocycles. The van der Waals surface area contributed by atoms with Gasteiger partial charge in [0.25, 0.3) is 0 Å². The Kier molecular flexibility index (Phi) is 2.47. The number of ether oxygens (including phenoxy) is 1. The third-order valence-corrected chi connectivity index (χ3v) is 3.07. The van der Waals surface area contributed by atoms with E-state index < -0.39 is 0 Å². The van der Waals surface area contributed by atoms with Crippen LogP contribution in [0.5, 0.6) is 5.75 Å². The molecule has 0 atom stereocenters. The van der Waals surface area contributed by atoms with Crippen molar-refractivity contribution in [3.05, 3.63) is 18.2 Å². The first kappa shape index (κ1) is 10.1. The van der Waals surface area contributed by atoms with E-state index >= 15 is 0 Å². The van der Waals surface area contributed by atoms with E-state index in [9.17, 15) is 0 Å². The lowest BCUT2D eigenvalue weighted by atomic mass is 9.78. The van der Waals surface area contributed by atoms with Crippen molar-refractivity contribution < 1.29 is 4.74 Å². The second kappa shape index (κ2) is 3.65. The van der Waals surface area contributed by atoms with Gasteiger partial charge >= 0.3 is 0 Å². The van der Waals surface area contributed by atoms with Gasteiger partial charge in [-0.25, -0.2) is 0 Å². The van der Waals surface area contributed by atoms with E-state index in [0.717, 1.165) is 17.1 Å². The maximum absolute atomic E-state index is 5.79. The monoisotopic (exact) mass is 206 g/mol. The number of nitrogen functional groups attached to an aromatic ring is 1. The summed E-state index contributed by atoms with van der Waals surface area (Å²) in [6, 6.07) is 5.76. The summed E-state index contributed by atoms with van der Waals surface area (Å²) < 4.78 is 5.18. The molecule has 3 N–H and O–H groups in total. The minimum atomic E-state index is 0.249. The predicted octanol–water partition coefficient (Wildman–Crippen LogP) is 2.63. The van der Waals surface area contributed by atoms with Crippen molar-refractivity contribution >= 4 is 11.4 Å². The maximum atomic E-state index is 5.79. The van der Waals surface area contributed by atoms with Crippen LogP contribution in [-0.2, 0) is 0 Å². The van der Waals surface area contributed by atoms with Crippen molar-refractivity contribution in [2.24, 2.45) is 0 Å². The fourth-order valence-electron chi connectivity index (χ4n) is 1.99. The summed E-state index contributed by atoms with van der Waals surface area (Å²) >= 11 is 0. The highest BCUT2D eigenvalue weighted by molar-refractivity contribution is 5.60. The van der Waals surface area contributed by atoms with Crippen molar-refractivity contribution in [1.82, 2.24) is 0 Å². The molecule has 0 aliphatic heterocycles. The summed E-state index contributed by atoms with van der Waals surface area (Å²) in [5, 5.41) is 3.51. The second-order valence-electron chi connectivity index (χ2n) is 4.53. The minimum absolute atomic E-state index is 0.249. The predicted molar refractivity (Wildman–Crippen MR) is 63.3 cm³/mol. The van der Waals surface area contributed by atoms with Gasteiger partial charge in [0.1, 0.15) is 5.75 Å². The molecule has 0 radical (unpaired) electrons. The van der Waals surface area contributed by atoms with Crippen molar-refractivity contribution in [2.75, 3.05) is 18.2 Å². The third kappa shape index (κ3) is 2.17. The van der Waals surface area contributed by atoms with Crippen molar-refractivity contribution in [3.8, 4) is 5.75 Å². The number of methoxy groups -OCH3 is 1.